The molecular formula is C32H34N2. The van der Waals surface area contributed by atoms with E-state index in [-0.39, 0.29) is 0 Å². The molecule has 172 valence electrons. The van der Waals surface area contributed by atoms with Crippen LogP contribution in [-0.4, -0.2) is 11.5 Å². The number of pyridine rings is 1. The fourth-order valence-electron chi connectivity index (χ4n) is 5.38. The van der Waals surface area contributed by atoms with E-state index in [0.717, 1.165) is 49.1 Å². The Morgan fingerprint density at radius 2 is 1.79 bits per heavy atom. The second-order valence-corrected chi connectivity index (χ2v) is 9.79. The van der Waals surface area contributed by atoms with Crippen LogP contribution in [0.2, 0.25) is 0 Å². The number of aryl methyl sites for hydroxylation is 5. The molecular weight excluding hydrogens is 412 g/mol. The highest BCUT2D eigenvalue weighted by Gasteiger charge is 2.22. The van der Waals surface area contributed by atoms with Gasteiger partial charge in [0, 0.05) is 34.4 Å². The summed E-state index contributed by atoms with van der Waals surface area (Å²) in [4.78, 5) is 7.48. The average Bonchev–Trinajstić information content (AvgIpc) is 2.82. The van der Waals surface area contributed by atoms with Crippen molar-refractivity contribution in [1.29, 1.82) is 0 Å². The first-order valence-electron chi connectivity index (χ1n) is 12.5. The quantitative estimate of drug-likeness (QED) is 0.307. The molecule has 5 rings (SSSR count). The summed E-state index contributed by atoms with van der Waals surface area (Å²) in [7, 11) is 0. The van der Waals surface area contributed by atoms with E-state index in [1.54, 1.807) is 0 Å². The number of fused-ring (bicyclic) bond motifs is 2. The predicted octanol–water partition coefficient (Wildman–Crippen LogP) is 8.20. The number of nitrogens with zero attached hydrogens (tertiary/aromatic N) is 2. The summed E-state index contributed by atoms with van der Waals surface area (Å²) < 4.78 is 0. The van der Waals surface area contributed by atoms with Crippen LogP contribution in [0, 0.1) is 20.8 Å². The lowest BCUT2D eigenvalue weighted by molar-refractivity contribution is 0.770. The van der Waals surface area contributed by atoms with Crippen molar-refractivity contribution in [2.75, 3.05) is 11.4 Å². The SMILES string of the molecule is C=C(c1ccc(C)cc1C)N1CCCc2cc(-c3nc4ccc(CCC)cc4cc3C)ccc21. The van der Waals surface area contributed by atoms with E-state index in [4.69, 9.17) is 4.98 Å². The number of aromatic nitrogens is 1. The van der Waals surface area contributed by atoms with Crippen LogP contribution in [0.4, 0.5) is 5.69 Å². The molecule has 2 heterocycles. The van der Waals surface area contributed by atoms with Gasteiger partial charge in [-0.15, -0.1) is 0 Å². The summed E-state index contributed by atoms with van der Waals surface area (Å²) in [6.45, 7) is 14.2. The third-order valence-electron chi connectivity index (χ3n) is 7.10. The van der Waals surface area contributed by atoms with E-state index < -0.39 is 0 Å². The van der Waals surface area contributed by atoms with Crippen molar-refractivity contribution in [3.8, 4) is 11.3 Å². The third-order valence-corrected chi connectivity index (χ3v) is 7.10. The lowest BCUT2D eigenvalue weighted by Crippen LogP contribution is -2.27. The van der Waals surface area contributed by atoms with Gasteiger partial charge in [-0.25, -0.2) is 4.98 Å². The zero-order chi connectivity index (χ0) is 23.8. The van der Waals surface area contributed by atoms with Crippen LogP contribution in [0.3, 0.4) is 0 Å². The Bertz CT molecular complexity index is 1400. The number of rotatable bonds is 5. The molecule has 3 aromatic carbocycles. The van der Waals surface area contributed by atoms with Gasteiger partial charge in [0.2, 0.25) is 0 Å². The second kappa shape index (κ2) is 9.10. The van der Waals surface area contributed by atoms with Crippen molar-refractivity contribution < 1.29 is 0 Å². The van der Waals surface area contributed by atoms with Crippen molar-refractivity contribution in [3.63, 3.8) is 0 Å². The van der Waals surface area contributed by atoms with Crippen molar-refractivity contribution in [2.45, 2.75) is 53.4 Å². The van der Waals surface area contributed by atoms with E-state index >= 15 is 0 Å². The summed E-state index contributed by atoms with van der Waals surface area (Å²) in [6, 6.07) is 22.5. The zero-order valence-corrected chi connectivity index (χ0v) is 20.9. The molecule has 0 amide bonds. The number of hydrogen-bond acceptors (Lipinski definition) is 2. The fraction of sp³-hybridized carbons (Fsp3) is 0.281. The van der Waals surface area contributed by atoms with E-state index in [2.05, 4.69) is 99.8 Å². The molecule has 0 spiro atoms. The van der Waals surface area contributed by atoms with Gasteiger partial charge in [-0.1, -0.05) is 55.8 Å². The highest BCUT2D eigenvalue weighted by atomic mass is 15.1. The second-order valence-electron chi connectivity index (χ2n) is 9.79. The molecule has 2 heteroatoms. The molecule has 1 aliphatic rings. The van der Waals surface area contributed by atoms with Crippen molar-refractivity contribution in [3.05, 3.63) is 101 Å². The minimum Gasteiger partial charge on any atom is -0.341 e. The lowest BCUT2D eigenvalue weighted by atomic mass is 9.94. The van der Waals surface area contributed by atoms with E-state index in [1.165, 1.54) is 50.0 Å². The zero-order valence-electron chi connectivity index (χ0n) is 20.9. The first kappa shape index (κ1) is 22.4. The summed E-state index contributed by atoms with van der Waals surface area (Å²) in [5.74, 6) is 0. The van der Waals surface area contributed by atoms with E-state index in [9.17, 15) is 0 Å². The smallest absolute Gasteiger partial charge is 0.0738 e. The van der Waals surface area contributed by atoms with Gasteiger partial charge in [0.1, 0.15) is 0 Å². The summed E-state index contributed by atoms with van der Waals surface area (Å²) >= 11 is 0. The van der Waals surface area contributed by atoms with Crippen LogP contribution in [0.15, 0.2) is 67.2 Å². The molecule has 34 heavy (non-hydrogen) atoms. The highest BCUT2D eigenvalue weighted by molar-refractivity contribution is 5.86. The standard InChI is InChI=1S/C32H34N2/c1-6-8-25-11-14-30-28(19-25)18-23(4)32(33-30)27-12-15-31-26(20-27)9-7-16-34(31)24(5)29-13-10-21(2)17-22(29)3/h10-15,17-20H,5-9,16H2,1-4H3. The van der Waals surface area contributed by atoms with Crippen LogP contribution < -0.4 is 4.90 Å². The molecule has 1 aromatic heterocycles. The highest BCUT2D eigenvalue weighted by Crippen LogP contribution is 2.37. The maximum Gasteiger partial charge on any atom is 0.0738 e. The minimum absolute atomic E-state index is 1.01. The number of benzene rings is 3. The van der Waals surface area contributed by atoms with E-state index in [1.807, 2.05) is 0 Å². The summed E-state index contributed by atoms with van der Waals surface area (Å²) in [5.41, 5.74) is 13.5. The Hall–Kier alpha value is -3.39. The van der Waals surface area contributed by atoms with Gasteiger partial charge in [0.15, 0.2) is 0 Å². The van der Waals surface area contributed by atoms with Gasteiger partial charge >= 0.3 is 0 Å². The molecule has 0 bridgehead atoms. The van der Waals surface area contributed by atoms with E-state index in [0.29, 0.717) is 0 Å². The Morgan fingerprint density at radius 3 is 2.59 bits per heavy atom. The Balaban J connectivity index is 1.50. The Kier molecular flexibility index (Phi) is 6.00. The van der Waals surface area contributed by atoms with Gasteiger partial charge in [-0.3, -0.25) is 0 Å². The van der Waals surface area contributed by atoms with Crippen molar-refractivity contribution in [1.82, 2.24) is 4.98 Å². The fourth-order valence-corrected chi connectivity index (χ4v) is 5.38. The van der Waals surface area contributed by atoms with Gasteiger partial charge in [-0.2, -0.15) is 0 Å². The molecule has 1 aliphatic heterocycles. The van der Waals surface area contributed by atoms with Crippen LogP contribution in [0.5, 0.6) is 0 Å². The molecule has 0 aliphatic carbocycles. The molecule has 0 fully saturated rings. The maximum absolute atomic E-state index is 5.09. The third kappa shape index (κ3) is 4.14. The number of hydrogen-bond donors (Lipinski definition) is 0. The maximum atomic E-state index is 5.09. The Morgan fingerprint density at radius 1 is 0.941 bits per heavy atom. The molecule has 0 atom stereocenters. The molecule has 0 saturated carbocycles. The average molecular weight is 447 g/mol. The largest absolute Gasteiger partial charge is 0.341 e. The first-order valence-corrected chi connectivity index (χ1v) is 12.5. The summed E-state index contributed by atoms with van der Waals surface area (Å²) in [6.07, 6.45) is 4.50. The lowest BCUT2D eigenvalue weighted by Gasteiger charge is -2.34. The van der Waals surface area contributed by atoms with Gasteiger partial charge in [-0.05, 0) is 92.6 Å². The normalized spacial score (nSPS) is 13.2. The van der Waals surface area contributed by atoms with Crippen LogP contribution >= 0.6 is 0 Å². The Labute approximate surface area is 204 Å². The van der Waals surface area contributed by atoms with Crippen LogP contribution in [0.1, 0.15) is 53.1 Å². The molecule has 0 N–H and O–H groups in total. The van der Waals surface area contributed by atoms with Crippen LogP contribution in [-0.2, 0) is 12.8 Å². The first-order chi connectivity index (χ1) is 16.4. The van der Waals surface area contributed by atoms with Gasteiger partial charge < -0.3 is 4.90 Å². The van der Waals surface area contributed by atoms with Crippen molar-refractivity contribution in [2.24, 2.45) is 0 Å². The van der Waals surface area contributed by atoms with Crippen molar-refractivity contribution >= 4 is 22.3 Å². The molecule has 4 aromatic rings. The predicted molar refractivity (Wildman–Crippen MR) is 147 cm³/mol. The molecule has 2 nitrogen and oxygen atoms in total. The molecule has 0 saturated heterocycles. The van der Waals surface area contributed by atoms with Gasteiger partial charge in [0.05, 0.1) is 11.2 Å². The van der Waals surface area contributed by atoms with Gasteiger partial charge in [0.25, 0.3) is 0 Å². The minimum atomic E-state index is 1.01. The number of anilines is 1. The molecule has 0 radical (unpaired) electrons. The topological polar surface area (TPSA) is 16.1 Å². The molecule has 0 unspecified atom stereocenters. The monoisotopic (exact) mass is 446 g/mol. The summed E-state index contributed by atoms with van der Waals surface area (Å²) in [5, 5.41) is 1.24. The van der Waals surface area contributed by atoms with Crippen LogP contribution in [0.25, 0.3) is 27.9 Å².